The Morgan fingerprint density at radius 3 is 2.79 bits per heavy atom. The molecule has 2 rings (SSSR count). The fourth-order valence-electron chi connectivity index (χ4n) is 1.88. The van der Waals surface area contributed by atoms with E-state index >= 15 is 0 Å². The number of ether oxygens (including phenoxy) is 2. The summed E-state index contributed by atoms with van der Waals surface area (Å²) >= 11 is 0. The molecule has 1 aromatic rings. The molecule has 1 amide bonds. The zero-order chi connectivity index (χ0) is 14.0. The number of rotatable bonds is 1. The lowest BCUT2D eigenvalue weighted by Crippen LogP contribution is -2.27. The van der Waals surface area contributed by atoms with Crippen LogP contribution in [0.25, 0.3) is 5.57 Å². The van der Waals surface area contributed by atoms with Crippen molar-refractivity contribution in [2.75, 3.05) is 11.9 Å². The van der Waals surface area contributed by atoms with Gasteiger partial charge in [0.1, 0.15) is 12.2 Å². The molecule has 19 heavy (non-hydrogen) atoms. The summed E-state index contributed by atoms with van der Waals surface area (Å²) in [5.41, 5.74) is 2.27. The van der Waals surface area contributed by atoms with Crippen LogP contribution in [-0.4, -0.2) is 18.3 Å². The van der Waals surface area contributed by atoms with Gasteiger partial charge in [0.15, 0.2) is 5.75 Å². The van der Waals surface area contributed by atoms with Gasteiger partial charge < -0.3 is 9.47 Å². The summed E-state index contributed by atoms with van der Waals surface area (Å²) in [7, 11) is 0. The number of benzene rings is 1. The molecule has 0 unspecified atom stereocenters. The molecule has 0 atom stereocenters. The first-order valence-corrected chi connectivity index (χ1v) is 6.30. The van der Waals surface area contributed by atoms with E-state index in [4.69, 9.17) is 9.47 Å². The number of nitrogens with one attached hydrogen (secondary N) is 1. The molecule has 1 N–H and O–H groups in total. The zero-order valence-electron chi connectivity index (χ0n) is 11.7. The summed E-state index contributed by atoms with van der Waals surface area (Å²) < 4.78 is 10.8. The van der Waals surface area contributed by atoms with Gasteiger partial charge in [0.2, 0.25) is 0 Å². The van der Waals surface area contributed by atoms with Crippen LogP contribution in [0.4, 0.5) is 10.5 Å². The van der Waals surface area contributed by atoms with Gasteiger partial charge in [-0.2, -0.15) is 0 Å². The summed E-state index contributed by atoms with van der Waals surface area (Å²) in [6, 6.07) is 5.67. The summed E-state index contributed by atoms with van der Waals surface area (Å²) in [4.78, 5) is 11.8. The maximum Gasteiger partial charge on any atom is 0.412 e. The first-order chi connectivity index (χ1) is 8.87. The maximum atomic E-state index is 11.8. The third-order valence-electron chi connectivity index (χ3n) is 2.69. The Morgan fingerprint density at radius 1 is 1.37 bits per heavy atom. The van der Waals surface area contributed by atoms with Crippen LogP contribution < -0.4 is 10.1 Å². The minimum absolute atomic E-state index is 0.475. The molecular formula is C15H19NO3. The highest BCUT2D eigenvalue weighted by molar-refractivity contribution is 5.89. The fraction of sp³-hybridized carbons (Fsp3) is 0.400. The minimum Gasteiger partial charge on any atom is -0.487 e. The minimum atomic E-state index is -0.518. The second kappa shape index (κ2) is 4.96. The number of carbonyl (C=O) groups is 1. The number of carbonyl (C=O) groups excluding carboxylic acids is 1. The number of amides is 1. The molecule has 102 valence electrons. The van der Waals surface area contributed by atoms with Crippen molar-refractivity contribution in [3.63, 3.8) is 0 Å². The molecule has 0 aromatic heterocycles. The van der Waals surface area contributed by atoms with E-state index in [1.54, 1.807) is 6.07 Å². The standard InChI is InChI=1S/C15H19NO3/c1-10-8-9-18-13-11(10)6-5-7-12(13)16-14(17)19-15(2,3)4/h5-8H,9H2,1-4H3,(H,16,17). The molecule has 0 fully saturated rings. The second-order valence-electron chi connectivity index (χ2n) is 5.51. The molecule has 4 nitrogen and oxygen atoms in total. The molecule has 0 saturated heterocycles. The molecule has 0 bridgehead atoms. The Balaban J connectivity index is 2.21. The van der Waals surface area contributed by atoms with Crippen LogP contribution in [0, 0.1) is 0 Å². The smallest absolute Gasteiger partial charge is 0.412 e. The van der Waals surface area contributed by atoms with Gasteiger partial charge in [0, 0.05) is 5.56 Å². The van der Waals surface area contributed by atoms with E-state index in [0.29, 0.717) is 18.0 Å². The number of hydrogen-bond donors (Lipinski definition) is 1. The van der Waals surface area contributed by atoms with Gasteiger partial charge in [-0.05, 0) is 45.4 Å². The Bertz CT molecular complexity index is 527. The SMILES string of the molecule is CC1=CCOc2c(NC(=O)OC(C)(C)C)cccc21. The molecular weight excluding hydrogens is 242 g/mol. The first kappa shape index (κ1) is 13.5. The van der Waals surface area contributed by atoms with Crippen molar-refractivity contribution < 1.29 is 14.3 Å². The predicted octanol–water partition coefficient (Wildman–Crippen LogP) is 3.83. The zero-order valence-corrected chi connectivity index (χ0v) is 11.7. The predicted molar refractivity (Wildman–Crippen MR) is 75.4 cm³/mol. The summed E-state index contributed by atoms with van der Waals surface area (Å²) in [6.07, 6.45) is 1.54. The van der Waals surface area contributed by atoms with Crippen LogP contribution in [-0.2, 0) is 4.74 Å². The maximum absolute atomic E-state index is 11.8. The third kappa shape index (κ3) is 3.28. The van der Waals surface area contributed by atoms with Gasteiger partial charge in [0.25, 0.3) is 0 Å². The topological polar surface area (TPSA) is 47.6 Å². The number of fused-ring (bicyclic) bond motifs is 1. The van der Waals surface area contributed by atoms with E-state index in [0.717, 1.165) is 11.1 Å². The molecule has 0 aliphatic carbocycles. The van der Waals surface area contributed by atoms with Crippen molar-refractivity contribution >= 4 is 17.4 Å². The normalized spacial score (nSPS) is 14.0. The third-order valence-corrected chi connectivity index (χ3v) is 2.69. The summed E-state index contributed by atoms with van der Waals surface area (Å²) in [5.74, 6) is 0.702. The highest BCUT2D eigenvalue weighted by Crippen LogP contribution is 2.36. The van der Waals surface area contributed by atoms with Gasteiger partial charge in [0.05, 0.1) is 5.69 Å². The summed E-state index contributed by atoms with van der Waals surface area (Å²) in [5, 5.41) is 2.73. The molecule has 4 heteroatoms. The van der Waals surface area contributed by atoms with Crippen molar-refractivity contribution in [1.82, 2.24) is 0 Å². The van der Waals surface area contributed by atoms with Crippen LogP contribution in [0.15, 0.2) is 24.3 Å². The van der Waals surface area contributed by atoms with Gasteiger partial charge in [-0.1, -0.05) is 12.1 Å². The largest absolute Gasteiger partial charge is 0.487 e. The van der Waals surface area contributed by atoms with Crippen LogP contribution in [0.1, 0.15) is 33.3 Å². The van der Waals surface area contributed by atoms with E-state index < -0.39 is 11.7 Å². The Morgan fingerprint density at radius 2 is 2.11 bits per heavy atom. The van der Waals surface area contributed by atoms with Crippen molar-refractivity contribution in [3.05, 3.63) is 29.8 Å². The lowest BCUT2D eigenvalue weighted by molar-refractivity contribution is 0.0635. The van der Waals surface area contributed by atoms with Crippen LogP contribution in [0.5, 0.6) is 5.75 Å². The van der Waals surface area contributed by atoms with E-state index in [2.05, 4.69) is 5.32 Å². The van der Waals surface area contributed by atoms with E-state index in [-0.39, 0.29) is 0 Å². The molecule has 0 saturated carbocycles. The quantitative estimate of drug-likeness (QED) is 0.835. The van der Waals surface area contributed by atoms with Crippen molar-refractivity contribution in [3.8, 4) is 5.75 Å². The fourth-order valence-corrected chi connectivity index (χ4v) is 1.88. The average Bonchev–Trinajstić information content (AvgIpc) is 2.28. The van der Waals surface area contributed by atoms with Crippen molar-refractivity contribution in [2.24, 2.45) is 0 Å². The number of allylic oxidation sites excluding steroid dienone is 1. The molecule has 1 heterocycles. The lowest BCUT2D eigenvalue weighted by atomic mass is 10.0. The highest BCUT2D eigenvalue weighted by Gasteiger charge is 2.20. The number of anilines is 1. The Kier molecular flexibility index (Phi) is 3.51. The van der Waals surface area contributed by atoms with E-state index in [9.17, 15) is 4.79 Å². The van der Waals surface area contributed by atoms with Crippen molar-refractivity contribution in [2.45, 2.75) is 33.3 Å². The Labute approximate surface area is 113 Å². The van der Waals surface area contributed by atoms with E-state index in [1.165, 1.54) is 0 Å². The second-order valence-corrected chi connectivity index (χ2v) is 5.51. The molecule has 0 radical (unpaired) electrons. The Hall–Kier alpha value is -1.97. The number of hydrogen-bond acceptors (Lipinski definition) is 3. The monoisotopic (exact) mass is 261 g/mol. The van der Waals surface area contributed by atoms with Gasteiger partial charge in [-0.3, -0.25) is 5.32 Å². The summed E-state index contributed by atoms with van der Waals surface area (Å²) in [6.45, 7) is 8.04. The molecule has 1 aliphatic heterocycles. The van der Waals surface area contributed by atoms with Gasteiger partial charge in [-0.25, -0.2) is 4.79 Å². The highest BCUT2D eigenvalue weighted by atomic mass is 16.6. The molecule has 1 aliphatic rings. The molecule has 0 spiro atoms. The average molecular weight is 261 g/mol. The van der Waals surface area contributed by atoms with Gasteiger partial charge >= 0.3 is 6.09 Å². The van der Waals surface area contributed by atoms with Gasteiger partial charge in [-0.15, -0.1) is 0 Å². The van der Waals surface area contributed by atoms with Crippen LogP contribution in [0.3, 0.4) is 0 Å². The number of para-hydroxylation sites is 1. The van der Waals surface area contributed by atoms with Crippen LogP contribution in [0.2, 0.25) is 0 Å². The van der Waals surface area contributed by atoms with Crippen LogP contribution >= 0.6 is 0 Å². The van der Waals surface area contributed by atoms with E-state index in [1.807, 2.05) is 45.9 Å². The first-order valence-electron chi connectivity index (χ1n) is 6.30. The lowest BCUT2D eigenvalue weighted by Gasteiger charge is -2.22. The van der Waals surface area contributed by atoms with Crippen molar-refractivity contribution in [1.29, 1.82) is 0 Å². The molecule has 1 aromatic carbocycles.